The number of nitrogens with zero attached hydrogens (tertiary/aromatic N) is 2. The summed E-state index contributed by atoms with van der Waals surface area (Å²) in [5.41, 5.74) is 1.97. The van der Waals surface area contributed by atoms with Crippen LogP contribution in [-0.2, 0) is 16.0 Å². The van der Waals surface area contributed by atoms with Gasteiger partial charge in [0.1, 0.15) is 0 Å². The lowest BCUT2D eigenvalue weighted by molar-refractivity contribution is -0.120. The summed E-state index contributed by atoms with van der Waals surface area (Å²) in [6.45, 7) is 2.83. The molecule has 2 aromatic rings. The second-order valence-corrected chi connectivity index (χ2v) is 4.89. The highest BCUT2D eigenvalue weighted by Crippen LogP contribution is 2.09. The Morgan fingerprint density at radius 1 is 1.22 bits per heavy atom. The molecule has 0 aliphatic heterocycles. The van der Waals surface area contributed by atoms with Crippen molar-refractivity contribution in [2.45, 2.75) is 6.42 Å². The molecule has 0 bridgehead atoms. The van der Waals surface area contributed by atoms with Crippen LogP contribution in [-0.4, -0.2) is 49.0 Å². The van der Waals surface area contributed by atoms with Gasteiger partial charge in [-0.05, 0) is 23.8 Å². The number of carbonyl (C=O) groups is 1. The Bertz CT molecular complexity index is 558. The van der Waals surface area contributed by atoms with E-state index in [1.165, 1.54) is 0 Å². The molecular weight excluding hydrogens is 316 g/mol. The third-order valence-electron chi connectivity index (χ3n) is 3.18. The number of ether oxygens (including phenoxy) is 1. The van der Waals surface area contributed by atoms with E-state index in [1.54, 1.807) is 18.0 Å². The fraction of sp³-hybridized carbons (Fsp3) is 0.375. The maximum atomic E-state index is 11.8. The van der Waals surface area contributed by atoms with E-state index in [4.69, 9.17) is 4.74 Å². The molecule has 0 aliphatic carbocycles. The lowest BCUT2D eigenvalue weighted by Gasteiger charge is -2.07. The van der Waals surface area contributed by atoms with Gasteiger partial charge in [0.15, 0.2) is 0 Å². The summed E-state index contributed by atoms with van der Waals surface area (Å²) >= 11 is 0. The molecule has 7 heteroatoms. The van der Waals surface area contributed by atoms with Crippen LogP contribution in [0, 0.1) is 0 Å². The summed E-state index contributed by atoms with van der Waals surface area (Å²) < 4.78 is 6.72. The number of hydrogen-bond acceptors (Lipinski definition) is 4. The number of aromatic nitrogens is 2. The molecule has 2 rings (SSSR count). The molecule has 126 valence electrons. The van der Waals surface area contributed by atoms with Crippen LogP contribution < -0.4 is 10.6 Å². The number of benzene rings is 1. The van der Waals surface area contributed by atoms with Crippen LogP contribution in [0.4, 0.5) is 0 Å². The van der Waals surface area contributed by atoms with Gasteiger partial charge in [-0.2, -0.15) is 5.10 Å². The Balaban J connectivity index is 0.00000264. The van der Waals surface area contributed by atoms with Crippen molar-refractivity contribution < 1.29 is 9.53 Å². The maximum absolute atomic E-state index is 11.8. The summed E-state index contributed by atoms with van der Waals surface area (Å²) in [4.78, 5) is 11.8. The summed E-state index contributed by atoms with van der Waals surface area (Å²) in [6.07, 6.45) is 4.01. The van der Waals surface area contributed by atoms with E-state index < -0.39 is 0 Å². The van der Waals surface area contributed by atoms with Crippen molar-refractivity contribution in [1.82, 2.24) is 20.4 Å². The highest BCUT2D eigenvalue weighted by atomic mass is 35.5. The van der Waals surface area contributed by atoms with E-state index in [2.05, 4.69) is 15.7 Å². The van der Waals surface area contributed by atoms with Gasteiger partial charge < -0.3 is 15.4 Å². The standard InChI is InChI=1S/C16H22N4O2.ClH/c1-22-12-10-17-8-9-18-16(21)13-14-3-5-15(6-4-14)20-11-2-7-19-20;/h2-7,11,17H,8-10,12-13H2,1H3,(H,18,21);1H. The zero-order valence-electron chi connectivity index (χ0n) is 13.2. The summed E-state index contributed by atoms with van der Waals surface area (Å²) in [5, 5.41) is 10.2. The van der Waals surface area contributed by atoms with Gasteiger partial charge >= 0.3 is 0 Å². The molecule has 1 amide bonds. The number of amides is 1. The molecule has 0 atom stereocenters. The molecule has 2 N–H and O–H groups in total. The summed E-state index contributed by atoms with van der Waals surface area (Å²) in [6, 6.07) is 9.70. The predicted molar refractivity (Wildman–Crippen MR) is 92.3 cm³/mol. The highest BCUT2D eigenvalue weighted by Gasteiger charge is 2.03. The second-order valence-electron chi connectivity index (χ2n) is 4.89. The summed E-state index contributed by atoms with van der Waals surface area (Å²) in [7, 11) is 1.67. The van der Waals surface area contributed by atoms with Gasteiger partial charge in [0, 0.05) is 39.1 Å². The fourth-order valence-electron chi connectivity index (χ4n) is 2.03. The lowest BCUT2D eigenvalue weighted by atomic mass is 10.1. The topological polar surface area (TPSA) is 68.2 Å². The minimum atomic E-state index is 0. The Kier molecular flexibility index (Phi) is 8.97. The molecule has 23 heavy (non-hydrogen) atoms. The van der Waals surface area contributed by atoms with Crippen molar-refractivity contribution >= 4 is 18.3 Å². The van der Waals surface area contributed by atoms with Crippen LogP contribution in [0.25, 0.3) is 5.69 Å². The Hall–Kier alpha value is -1.89. The first kappa shape index (κ1) is 19.2. The Morgan fingerprint density at radius 2 is 2.00 bits per heavy atom. The van der Waals surface area contributed by atoms with E-state index in [-0.39, 0.29) is 18.3 Å². The van der Waals surface area contributed by atoms with Gasteiger partial charge in [-0.15, -0.1) is 12.4 Å². The quantitative estimate of drug-likeness (QED) is 0.674. The first-order chi connectivity index (χ1) is 10.8. The van der Waals surface area contributed by atoms with Crippen molar-refractivity contribution in [1.29, 1.82) is 0 Å². The molecule has 0 fully saturated rings. The SMILES string of the molecule is COCCNCCNC(=O)Cc1ccc(-n2cccn2)cc1.Cl. The van der Waals surface area contributed by atoms with Gasteiger partial charge in [-0.25, -0.2) is 4.68 Å². The van der Waals surface area contributed by atoms with Gasteiger partial charge in [0.2, 0.25) is 5.91 Å². The average molecular weight is 339 g/mol. The van der Waals surface area contributed by atoms with Crippen LogP contribution in [0.3, 0.4) is 0 Å². The van der Waals surface area contributed by atoms with Crippen molar-refractivity contribution in [3.05, 3.63) is 48.3 Å². The number of halogens is 1. The molecule has 0 aliphatic rings. The maximum Gasteiger partial charge on any atom is 0.224 e. The van der Waals surface area contributed by atoms with Crippen LogP contribution in [0.5, 0.6) is 0 Å². The monoisotopic (exact) mass is 338 g/mol. The zero-order valence-corrected chi connectivity index (χ0v) is 14.0. The molecule has 1 aromatic carbocycles. The molecule has 0 spiro atoms. The fourth-order valence-corrected chi connectivity index (χ4v) is 2.03. The van der Waals surface area contributed by atoms with Crippen molar-refractivity contribution in [2.24, 2.45) is 0 Å². The van der Waals surface area contributed by atoms with E-state index in [0.29, 0.717) is 19.6 Å². The minimum Gasteiger partial charge on any atom is -0.383 e. The number of hydrogen-bond donors (Lipinski definition) is 2. The van der Waals surface area contributed by atoms with Gasteiger partial charge in [-0.1, -0.05) is 12.1 Å². The van der Waals surface area contributed by atoms with Crippen LogP contribution in [0.1, 0.15) is 5.56 Å². The minimum absolute atomic E-state index is 0. The molecule has 0 radical (unpaired) electrons. The largest absolute Gasteiger partial charge is 0.383 e. The van der Waals surface area contributed by atoms with E-state index in [1.807, 2.05) is 36.5 Å². The average Bonchev–Trinajstić information content (AvgIpc) is 3.06. The number of rotatable bonds is 9. The third kappa shape index (κ3) is 6.81. The van der Waals surface area contributed by atoms with Gasteiger partial charge in [0.25, 0.3) is 0 Å². The highest BCUT2D eigenvalue weighted by molar-refractivity contribution is 5.85. The van der Waals surface area contributed by atoms with Crippen molar-refractivity contribution in [3.8, 4) is 5.69 Å². The molecule has 0 unspecified atom stereocenters. The third-order valence-corrected chi connectivity index (χ3v) is 3.18. The number of nitrogens with one attached hydrogen (secondary N) is 2. The van der Waals surface area contributed by atoms with Crippen molar-refractivity contribution in [3.63, 3.8) is 0 Å². The molecule has 1 aromatic heterocycles. The molecule has 0 saturated heterocycles. The first-order valence-corrected chi connectivity index (χ1v) is 7.35. The Morgan fingerprint density at radius 3 is 2.65 bits per heavy atom. The van der Waals surface area contributed by atoms with Crippen LogP contribution in [0.15, 0.2) is 42.7 Å². The number of methoxy groups -OCH3 is 1. The van der Waals surface area contributed by atoms with Crippen LogP contribution in [0.2, 0.25) is 0 Å². The van der Waals surface area contributed by atoms with E-state index in [0.717, 1.165) is 24.3 Å². The second kappa shape index (κ2) is 10.8. The Labute approximate surface area is 142 Å². The predicted octanol–water partition coefficient (Wildman–Crippen LogP) is 1.19. The molecule has 0 saturated carbocycles. The van der Waals surface area contributed by atoms with Gasteiger partial charge in [-0.3, -0.25) is 4.79 Å². The van der Waals surface area contributed by atoms with Crippen molar-refractivity contribution in [2.75, 3.05) is 33.4 Å². The smallest absolute Gasteiger partial charge is 0.224 e. The zero-order chi connectivity index (χ0) is 15.6. The number of carbonyl (C=O) groups excluding carboxylic acids is 1. The molecule has 6 nitrogen and oxygen atoms in total. The normalized spacial score (nSPS) is 10.1. The van der Waals surface area contributed by atoms with Gasteiger partial charge in [0.05, 0.1) is 18.7 Å². The molecular formula is C16H23ClN4O2. The molecule has 1 heterocycles. The lowest BCUT2D eigenvalue weighted by Crippen LogP contribution is -2.33. The van der Waals surface area contributed by atoms with Crippen LogP contribution >= 0.6 is 12.4 Å². The first-order valence-electron chi connectivity index (χ1n) is 7.35. The van der Waals surface area contributed by atoms with E-state index in [9.17, 15) is 4.79 Å². The summed E-state index contributed by atoms with van der Waals surface area (Å²) in [5.74, 6) is 0.0281. The van der Waals surface area contributed by atoms with E-state index >= 15 is 0 Å².